The zero-order valence-electron chi connectivity index (χ0n) is 15.0. The molecule has 1 heterocycles. The highest BCUT2D eigenvalue weighted by Gasteiger charge is 2.35. The van der Waals surface area contributed by atoms with E-state index in [2.05, 4.69) is 5.32 Å². The number of carbonyl (C=O) groups is 1. The number of ketones is 1. The molecule has 2 aromatic rings. The van der Waals surface area contributed by atoms with Crippen molar-refractivity contribution >= 4 is 5.78 Å². The minimum atomic E-state index is -0.212. The zero-order chi connectivity index (χ0) is 18.8. The van der Waals surface area contributed by atoms with Crippen LogP contribution in [0.3, 0.4) is 0 Å². The van der Waals surface area contributed by atoms with E-state index in [1.54, 1.807) is 36.4 Å². The van der Waals surface area contributed by atoms with E-state index in [0.717, 1.165) is 11.1 Å². The van der Waals surface area contributed by atoms with Crippen LogP contribution in [0.4, 0.5) is 0 Å². The highest BCUT2D eigenvalue weighted by molar-refractivity contribution is 5.83. The van der Waals surface area contributed by atoms with E-state index in [1.807, 2.05) is 6.92 Å². The van der Waals surface area contributed by atoms with Crippen molar-refractivity contribution in [2.45, 2.75) is 25.4 Å². The summed E-state index contributed by atoms with van der Waals surface area (Å²) in [4.78, 5) is 12.6. The Hall–Kier alpha value is -2.73. The van der Waals surface area contributed by atoms with Gasteiger partial charge in [-0.25, -0.2) is 0 Å². The molecule has 6 heteroatoms. The third-order valence-corrected chi connectivity index (χ3v) is 4.96. The lowest BCUT2D eigenvalue weighted by Gasteiger charge is -2.35. The average molecular weight is 357 g/mol. The summed E-state index contributed by atoms with van der Waals surface area (Å²) >= 11 is 0. The molecule has 3 rings (SSSR count). The highest BCUT2D eigenvalue weighted by atomic mass is 16.5. The van der Waals surface area contributed by atoms with E-state index in [-0.39, 0.29) is 35.3 Å². The number of phenolic OH excluding ortho intramolecular Hbond substituents is 2. The predicted molar refractivity (Wildman–Crippen MR) is 96.7 cm³/mol. The van der Waals surface area contributed by atoms with Crippen LogP contribution >= 0.6 is 0 Å². The molecule has 0 bridgehead atoms. The van der Waals surface area contributed by atoms with E-state index in [0.29, 0.717) is 17.9 Å². The monoisotopic (exact) mass is 357 g/mol. The largest absolute Gasteiger partial charge is 0.504 e. The van der Waals surface area contributed by atoms with Crippen LogP contribution in [-0.4, -0.2) is 30.2 Å². The molecular weight excluding hydrogens is 334 g/mol. The van der Waals surface area contributed by atoms with Crippen LogP contribution in [0.2, 0.25) is 0 Å². The van der Waals surface area contributed by atoms with Crippen LogP contribution < -0.4 is 14.8 Å². The van der Waals surface area contributed by atoms with Crippen LogP contribution in [0.15, 0.2) is 36.4 Å². The second kappa shape index (κ2) is 7.25. The molecule has 0 amide bonds. The number of benzene rings is 2. The van der Waals surface area contributed by atoms with Crippen molar-refractivity contribution in [2.75, 3.05) is 14.2 Å². The standard InChI is InChI=1S/C20H23NO5/c1-11-17(24)10-14(12-4-6-15(22)18(8-12)25-2)21-20(11)13-5-7-16(23)19(9-13)26-3/h4-9,11,14,20-23H,10H2,1-3H3. The predicted octanol–water partition coefficient (Wildman–Crippen LogP) is 3.10. The first kappa shape index (κ1) is 18.1. The van der Waals surface area contributed by atoms with Gasteiger partial charge in [0, 0.05) is 24.4 Å². The van der Waals surface area contributed by atoms with Gasteiger partial charge in [0.15, 0.2) is 23.0 Å². The third-order valence-electron chi connectivity index (χ3n) is 4.96. The smallest absolute Gasteiger partial charge is 0.160 e. The summed E-state index contributed by atoms with van der Waals surface area (Å²) in [5.74, 6) is 0.811. The van der Waals surface area contributed by atoms with Gasteiger partial charge in [0.2, 0.25) is 0 Å². The topological polar surface area (TPSA) is 88.0 Å². The van der Waals surface area contributed by atoms with E-state index in [4.69, 9.17) is 9.47 Å². The van der Waals surface area contributed by atoms with Crippen molar-refractivity contribution < 1.29 is 24.5 Å². The Balaban J connectivity index is 1.93. The molecule has 26 heavy (non-hydrogen) atoms. The lowest BCUT2D eigenvalue weighted by Crippen LogP contribution is -2.41. The summed E-state index contributed by atoms with van der Waals surface area (Å²) in [6.07, 6.45) is 0.362. The van der Waals surface area contributed by atoms with Crippen LogP contribution in [-0.2, 0) is 4.79 Å². The Labute approximate surface area is 152 Å². The highest BCUT2D eigenvalue weighted by Crippen LogP contribution is 2.39. The van der Waals surface area contributed by atoms with E-state index in [9.17, 15) is 15.0 Å². The van der Waals surface area contributed by atoms with Crippen molar-refractivity contribution in [1.82, 2.24) is 5.32 Å². The van der Waals surface area contributed by atoms with Gasteiger partial charge >= 0.3 is 0 Å². The molecule has 3 unspecified atom stereocenters. The summed E-state index contributed by atoms with van der Waals surface area (Å²) in [5, 5.41) is 23.1. The molecule has 0 saturated carbocycles. The number of piperidine rings is 1. The number of aromatic hydroxyl groups is 2. The Morgan fingerprint density at radius 2 is 1.50 bits per heavy atom. The van der Waals surface area contributed by atoms with Gasteiger partial charge in [-0.15, -0.1) is 0 Å². The minimum Gasteiger partial charge on any atom is -0.504 e. The lowest BCUT2D eigenvalue weighted by atomic mass is 9.82. The summed E-state index contributed by atoms with van der Waals surface area (Å²) in [7, 11) is 2.99. The molecule has 2 aromatic carbocycles. The van der Waals surface area contributed by atoms with Gasteiger partial charge in [-0.05, 0) is 35.4 Å². The summed E-state index contributed by atoms with van der Waals surface area (Å²) < 4.78 is 10.4. The fourth-order valence-electron chi connectivity index (χ4n) is 3.39. The SMILES string of the molecule is COc1cc(C2CC(=O)C(C)C(c3ccc(O)c(OC)c3)N2)ccc1O. The Kier molecular flexibility index (Phi) is 5.04. The van der Waals surface area contributed by atoms with Crippen molar-refractivity contribution in [2.24, 2.45) is 5.92 Å². The molecule has 0 spiro atoms. The number of ether oxygens (including phenoxy) is 2. The van der Waals surface area contributed by atoms with Crippen molar-refractivity contribution in [3.8, 4) is 23.0 Å². The molecule has 3 N–H and O–H groups in total. The molecular formula is C20H23NO5. The quantitative estimate of drug-likeness (QED) is 0.779. The molecule has 6 nitrogen and oxygen atoms in total. The van der Waals surface area contributed by atoms with Gasteiger partial charge in [0.25, 0.3) is 0 Å². The van der Waals surface area contributed by atoms with Crippen LogP contribution in [0.5, 0.6) is 23.0 Å². The number of carbonyl (C=O) groups excluding carboxylic acids is 1. The second-order valence-corrected chi connectivity index (χ2v) is 6.52. The molecule has 0 aliphatic carbocycles. The molecule has 0 radical (unpaired) electrons. The first-order valence-electron chi connectivity index (χ1n) is 8.47. The first-order chi connectivity index (χ1) is 12.4. The van der Waals surface area contributed by atoms with Crippen molar-refractivity contribution in [3.05, 3.63) is 47.5 Å². The molecule has 3 atom stereocenters. The van der Waals surface area contributed by atoms with Gasteiger partial charge in [0.05, 0.1) is 14.2 Å². The van der Waals surface area contributed by atoms with Crippen molar-refractivity contribution in [3.63, 3.8) is 0 Å². The molecule has 1 saturated heterocycles. The molecule has 1 aliphatic heterocycles. The Morgan fingerprint density at radius 3 is 2.08 bits per heavy atom. The maximum atomic E-state index is 12.6. The minimum absolute atomic E-state index is 0.0610. The summed E-state index contributed by atoms with van der Waals surface area (Å²) in [6.45, 7) is 1.90. The Bertz CT molecular complexity index is 820. The van der Waals surface area contributed by atoms with Crippen LogP contribution in [0.1, 0.15) is 36.6 Å². The number of hydrogen-bond acceptors (Lipinski definition) is 6. The van der Waals surface area contributed by atoms with Gasteiger partial charge in [-0.3, -0.25) is 4.79 Å². The van der Waals surface area contributed by atoms with Gasteiger partial charge in [-0.1, -0.05) is 19.1 Å². The van der Waals surface area contributed by atoms with Gasteiger partial charge in [-0.2, -0.15) is 0 Å². The number of phenols is 2. The number of Topliss-reactive ketones (excluding diaryl/α,β-unsaturated/α-hetero) is 1. The fourth-order valence-corrected chi connectivity index (χ4v) is 3.39. The second-order valence-electron chi connectivity index (χ2n) is 6.52. The number of methoxy groups -OCH3 is 2. The molecule has 1 fully saturated rings. The molecule has 138 valence electrons. The fraction of sp³-hybridized carbons (Fsp3) is 0.350. The Morgan fingerprint density at radius 1 is 0.962 bits per heavy atom. The number of nitrogens with one attached hydrogen (secondary N) is 1. The third kappa shape index (κ3) is 3.32. The normalized spacial score (nSPS) is 22.9. The lowest BCUT2D eigenvalue weighted by molar-refractivity contribution is -0.126. The number of hydrogen-bond donors (Lipinski definition) is 3. The maximum absolute atomic E-state index is 12.6. The van der Waals surface area contributed by atoms with E-state index >= 15 is 0 Å². The number of rotatable bonds is 4. The average Bonchev–Trinajstić information content (AvgIpc) is 2.65. The summed E-state index contributed by atoms with van der Waals surface area (Å²) in [6, 6.07) is 9.79. The maximum Gasteiger partial charge on any atom is 0.160 e. The van der Waals surface area contributed by atoms with Gasteiger partial charge < -0.3 is 25.0 Å². The van der Waals surface area contributed by atoms with Crippen LogP contribution in [0, 0.1) is 5.92 Å². The van der Waals surface area contributed by atoms with E-state index < -0.39 is 0 Å². The molecule has 0 aromatic heterocycles. The first-order valence-corrected chi connectivity index (χ1v) is 8.47. The van der Waals surface area contributed by atoms with Crippen LogP contribution in [0.25, 0.3) is 0 Å². The van der Waals surface area contributed by atoms with Gasteiger partial charge in [0.1, 0.15) is 5.78 Å². The van der Waals surface area contributed by atoms with E-state index in [1.165, 1.54) is 14.2 Å². The van der Waals surface area contributed by atoms with Crippen molar-refractivity contribution in [1.29, 1.82) is 0 Å². The molecule has 1 aliphatic rings. The zero-order valence-corrected chi connectivity index (χ0v) is 15.0. The summed E-state index contributed by atoms with van der Waals surface area (Å²) in [5.41, 5.74) is 1.74.